The molecule has 6 nitrogen and oxygen atoms in total. The van der Waals surface area contributed by atoms with Crippen LogP contribution in [0.15, 0.2) is 35.3 Å². The Kier molecular flexibility index (Phi) is 2.93. The van der Waals surface area contributed by atoms with Gasteiger partial charge >= 0.3 is 0 Å². The summed E-state index contributed by atoms with van der Waals surface area (Å²) in [6.45, 7) is 1.84. The van der Waals surface area contributed by atoms with E-state index in [2.05, 4.69) is 16.2 Å². The fourth-order valence-corrected chi connectivity index (χ4v) is 2.44. The van der Waals surface area contributed by atoms with Crippen molar-refractivity contribution in [2.24, 2.45) is 0 Å². The minimum absolute atomic E-state index is 0.252. The largest absolute Gasteiger partial charge is 0.430 e. The minimum Gasteiger partial charge on any atom is -0.430 e. The molecular formula is C13H8N4O2S. The lowest BCUT2D eigenvalue weighted by Crippen LogP contribution is -2.12. The summed E-state index contributed by atoms with van der Waals surface area (Å²) in [6, 6.07) is 8.50. The van der Waals surface area contributed by atoms with Crippen molar-refractivity contribution in [1.29, 1.82) is 5.26 Å². The van der Waals surface area contributed by atoms with E-state index in [4.69, 9.17) is 10.00 Å². The van der Waals surface area contributed by atoms with Crippen LogP contribution in [-0.4, -0.2) is 14.6 Å². The highest BCUT2D eigenvalue weighted by atomic mass is 32.1. The summed E-state index contributed by atoms with van der Waals surface area (Å²) in [5.74, 6) is 0.594. The second-order valence-electron chi connectivity index (χ2n) is 4.04. The van der Waals surface area contributed by atoms with Gasteiger partial charge in [-0.1, -0.05) is 0 Å². The van der Waals surface area contributed by atoms with Gasteiger partial charge in [-0.3, -0.25) is 4.79 Å². The van der Waals surface area contributed by atoms with Gasteiger partial charge in [-0.2, -0.15) is 9.78 Å². The van der Waals surface area contributed by atoms with Crippen LogP contribution in [0.1, 0.15) is 11.1 Å². The predicted octanol–water partition coefficient (Wildman–Crippen LogP) is 2.12. The number of fused-ring (bicyclic) bond motifs is 1. The van der Waals surface area contributed by atoms with E-state index in [1.54, 1.807) is 18.2 Å². The Morgan fingerprint density at radius 2 is 2.25 bits per heavy atom. The molecule has 0 aliphatic carbocycles. The number of nitriles is 1. The first-order valence-electron chi connectivity index (χ1n) is 5.71. The van der Waals surface area contributed by atoms with Crippen LogP contribution < -0.4 is 10.3 Å². The SMILES string of the molecule is Cc1cc(C#N)ccc1Oc1nn2c(=O)ccnc2s1. The van der Waals surface area contributed by atoms with E-state index in [-0.39, 0.29) is 5.56 Å². The van der Waals surface area contributed by atoms with Gasteiger partial charge in [0, 0.05) is 12.3 Å². The molecule has 7 heteroatoms. The molecule has 0 spiro atoms. The lowest BCUT2D eigenvalue weighted by atomic mass is 10.1. The maximum atomic E-state index is 11.6. The zero-order valence-corrected chi connectivity index (χ0v) is 11.2. The third kappa shape index (κ3) is 2.13. The number of benzene rings is 1. The molecule has 0 radical (unpaired) electrons. The molecule has 0 unspecified atom stereocenters. The van der Waals surface area contributed by atoms with Gasteiger partial charge in [0.15, 0.2) is 0 Å². The molecule has 3 rings (SSSR count). The molecule has 0 bridgehead atoms. The standard InChI is InChI=1S/C13H8N4O2S/c1-8-6-9(7-14)2-3-10(8)19-13-16-17-11(18)4-5-15-12(17)20-13/h2-6H,1H3. The molecule has 0 aliphatic rings. The summed E-state index contributed by atoms with van der Waals surface area (Å²) in [5, 5.41) is 13.2. The molecule has 0 amide bonds. The molecule has 0 atom stereocenters. The molecule has 3 aromatic rings. The van der Waals surface area contributed by atoms with Crippen LogP contribution in [0.2, 0.25) is 0 Å². The first-order chi connectivity index (χ1) is 9.67. The number of rotatable bonds is 2. The van der Waals surface area contributed by atoms with E-state index in [9.17, 15) is 4.79 Å². The van der Waals surface area contributed by atoms with Crippen LogP contribution in [0.3, 0.4) is 0 Å². The van der Waals surface area contributed by atoms with E-state index in [0.717, 1.165) is 5.56 Å². The highest BCUT2D eigenvalue weighted by Gasteiger charge is 2.09. The molecule has 20 heavy (non-hydrogen) atoms. The van der Waals surface area contributed by atoms with Crippen molar-refractivity contribution >= 4 is 16.3 Å². The fraction of sp³-hybridized carbons (Fsp3) is 0.0769. The first-order valence-corrected chi connectivity index (χ1v) is 6.52. The lowest BCUT2D eigenvalue weighted by Gasteiger charge is -2.04. The zero-order valence-electron chi connectivity index (χ0n) is 10.4. The van der Waals surface area contributed by atoms with Gasteiger partial charge in [0.2, 0.25) is 4.96 Å². The van der Waals surface area contributed by atoms with Gasteiger partial charge < -0.3 is 4.74 Å². The molecular weight excluding hydrogens is 276 g/mol. The summed E-state index contributed by atoms with van der Waals surface area (Å²) in [7, 11) is 0. The first kappa shape index (κ1) is 12.3. The van der Waals surface area contributed by atoms with E-state index in [1.165, 1.54) is 28.1 Å². The van der Waals surface area contributed by atoms with Gasteiger partial charge in [-0.15, -0.1) is 5.10 Å². The zero-order chi connectivity index (χ0) is 14.1. The number of hydrogen-bond acceptors (Lipinski definition) is 6. The quantitative estimate of drug-likeness (QED) is 0.720. The van der Waals surface area contributed by atoms with Crippen LogP contribution >= 0.6 is 11.3 Å². The second kappa shape index (κ2) is 4.75. The smallest absolute Gasteiger partial charge is 0.299 e. The molecule has 0 fully saturated rings. The average Bonchev–Trinajstić information content (AvgIpc) is 2.85. The number of ether oxygens (including phenoxy) is 1. The highest BCUT2D eigenvalue weighted by molar-refractivity contribution is 7.18. The van der Waals surface area contributed by atoms with Crippen LogP contribution in [0.25, 0.3) is 4.96 Å². The Hall–Kier alpha value is -2.72. The van der Waals surface area contributed by atoms with E-state index in [1.807, 2.05) is 6.92 Å². The topological polar surface area (TPSA) is 80.3 Å². The van der Waals surface area contributed by atoms with E-state index >= 15 is 0 Å². The molecule has 2 aromatic heterocycles. The van der Waals surface area contributed by atoms with Crippen molar-refractivity contribution < 1.29 is 4.74 Å². The maximum Gasteiger partial charge on any atom is 0.299 e. The number of aryl methyl sites for hydroxylation is 1. The summed E-state index contributed by atoms with van der Waals surface area (Å²) >= 11 is 1.18. The van der Waals surface area contributed by atoms with Gasteiger partial charge in [0.25, 0.3) is 10.8 Å². The van der Waals surface area contributed by atoms with E-state index < -0.39 is 0 Å². The molecule has 0 saturated heterocycles. The Morgan fingerprint density at radius 1 is 1.40 bits per heavy atom. The normalized spacial score (nSPS) is 10.4. The average molecular weight is 284 g/mol. The predicted molar refractivity (Wildman–Crippen MR) is 73.1 cm³/mol. The molecule has 0 N–H and O–H groups in total. The van der Waals surface area contributed by atoms with Gasteiger partial charge in [-0.25, -0.2) is 4.98 Å². The Labute approximate surface area is 117 Å². The van der Waals surface area contributed by atoms with Crippen molar-refractivity contribution in [3.63, 3.8) is 0 Å². The van der Waals surface area contributed by atoms with E-state index in [0.29, 0.717) is 21.5 Å². The van der Waals surface area contributed by atoms with Crippen LogP contribution in [-0.2, 0) is 0 Å². The monoisotopic (exact) mass is 284 g/mol. The van der Waals surface area contributed by atoms with Crippen molar-refractivity contribution in [1.82, 2.24) is 14.6 Å². The summed E-state index contributed by atoms with van der Waals surface area (Å²) < 4.78 is 6.84. The second-order valence-corrected chi connectivity index (χ2v) is 4.96. The fourth-order valence-electron chi connectivity index (χ4n) is 1.69. The van der Waals surface area contributed by atoms with Gasteiger partial charge in [-0.05, 0) is 42.0 Å². The Morgan fingerprint density at radius 3 is 2.95 bits per heavy atom. The van der Waals surface area contributed by atoms with Crippen molar-refractivity contribution in [2.75, 3.05) is 0 Å². The minimum atomic E-state index is -0.252. The summed E-state index contributed by atoms with van der Waals surface area (Å²) in [6.07, 6.45) is 1.44. The van der Waals surface area contributed by atoms with Gasteiger partial charge in [0.1, 0.15) is 5.75 Å². The maximum absolute atomic E-state index is 11.6. The third-order valence-corrected chi connectivity index (χ3v) is 3.45. The number of hydrogen-bond donors (Lipinski definition) is 0. The molecule has 0 aliphatic heterocycles. The summed E-state index contributed by atoms with van der Waals surface area (Å²) in [4.78, 5) is 16.1. The molecule has 1 aromatic carbocycles. The number of aromatic nitrogens is 3. The molecule has 0 saturated carbocycles. The van der Waals surface area contributed by atoms with Crippen molar-refractivity contribution in [2.45, 2.75) is 6.92 Å². The van der Waals surface area contributed by atoms with Crippen molar-refractivity contribution in [3.05, 3.63) is 51.9 Å². The van der Waals surface area contributed by atoms with Crippen molar-refractivity contribution in [3.8, 4) is 17.0 Å². The van der Waals surface area contributed by atoms with Gasteiger partial charge in [0.05, 0.1) is 11.6 Å². The van der Waals surface area contributed by atoms with Crippen LogP contribution in [0.5, 0.6) is 10.9 Å². The summed E-state index contributed by atoms with van der Waals surface area (Å²) in [5.41, 5.74) is 1.14. The lowest BCUT2D eigenvalue weighted by molar-refractivity contribution is 0.466. The Balaban J connectivity index is 1.99. The number of nitrogens with zero attached hydrogens (tertiary/aromatic N) is 4. The third-order valence-electron chi connectivity index (χ3n) is 2.65. The Bertz CT molecular complexity index is 891. The molecule has 98 valence electrons. The molecule has 2 heterocycles. The van der Waals surface area contributed by atoms with Crippen LogP contribution in [0, 0.1) is 18.3 Å². The highest BCUT2D eigenvalue weighted by Crippen LogP contribution is 2.28. The van der Waals surface area contributed by atoms with Crippen LogP contribution in [0.4, 0.5) is 0 Å².